The first-order chi connectivity index (χ1) is 14.7. The van der Waals surface area contributed by atoms with Crippen LogP contribution in [-0.4, -0.2) is 30.3 Å². The molecular weight excluding hydrogens is 366 g/mol. The van der Waals surface area contributed by atoms with E-state index >= 15 is 0 Å². The van der Waals surface area contributed by atoms with Crippen LogP contribution in [0.15, 0.2) is 48.5 Å². The second-order valence-electron chi connectivity index (χ2n) is 10.1. The average Bonchev–Trinajstić information content (AvgIpc) is 2.76. The Hall–Kier alpha value is -1.93. The van der Waals surface area contributed by atoms with Gasteiger partial charge >= 0.3 is 0 Å². The number of likely N-dealkylation sites (tertiary alicyclic amines) is 1. The van der Waals surface area contributed by atoms with Crippen LogP contribution in [0.3, 0.4) is 0 Å². The van der Waals surface area contributed by atoms with Gasteiger partial charge in [0.2, 0.25) is 0 Å². The van der Waals surface area contributed by atoms with Crippen molar-refractivity contribution >= 4 is 6.29 Å². The largest absolute Gasteiger partial charge is 0.303 e. The van der Waals surface area contributed by atoms with E-state index in [1.54, 1.807) is 0 Å². The molecule has 3 aliphatic rings. The second kappa shape index (κ2) is 8.67. The highest BCUT2D eigenvalue weighted by atomic mass is 16.1. The summed E-state index contributed by atoms with van der Waals surface area (Å²) in [5.41, 5.74) is 5.77. The van der Waals surface area contributed by atoms with Crippen molar-refractivity contribution in [3.63, 3.8) is 0 Å². The Kier molecular flexibility index (Phi) is 5.78. The number of hydrogen-bond donors (Lipinski definition) is 0. The quantitative estimate of drug-likeness (QED) is 0.541. The molecule has 2 saturated carbocycles. The van der Waals surface area contributed by atoms with Crippen molar-refractivity contribution < 1.29 is 4.79 Å². The van der Waals surface area contributed by atoms with Gasteiger partial charge in [-0.15, -0.1) is 0 Å². The lowest BCUT2D eigenvalue weighted by Crippen LogP contribution is -2.48. The maximum atomic E-state index is 10.7. The van der Waals surface area contributed by atoms with Crippen molar-refractivity contribution in [3.05, 3.63) is 59.7 Å². The van der Waals surface area contributed by atoms with E-state index in [2.05, 4.69) is 53.4 Å². The highest BCUT2D eigenvalue weighted by Crippen LogP contribution is 2.49. The zero-order chi connectivity index (χ0) is 20.4. The molecule has 158 valence electrons. The van der Waals surface area contributed by atoms with Gasteiger partial charge in [0.25, 0.3) is 0 Å². The molecule has 1 spiro atoms. The van der Waals surface area contributed by atoms with Gasteiger partial charge in [-0.1, -0.05) is 55.0 Å². The molecule has 0 amide bonds. The predicted octanol–water partition coefficient (Wildman–Crippen LogP) is 6.39. The summed E-state index contributed by atoms with van der Waals surface area (Å²) < 4.78 is 0. The van der Waals surface area contributed by atoms with Crippen molar-refractivity contribution in [2.24, 2.45) is 5.41 Å². The van der Waals surface area contributed by atoms with Gasteiger partial charge in [0.15, 0.2) is 0 Å². The van der Waals surface area contributed by atoms with Gasteiger partial charge in [0.05, 0.1) is 0 Å². The van der Waals surface area contributed by atoms with E-state index in [0.717, 1.165) is 23.8 Å². The van der Waals surface area contributed by atoms with Gasteiger partial charge < -0.3 is 9.69 Å². The molecule has 2 aliphatic carbocycles. The van der Waals surface area contributed by atoms with Crippen molar-refractivity contribution in [2.75, 3.05) is 13.1 Å². The maximum absolute atomic E-state index is 10.7. The molecular formula is C28H35NO. The normalized spacial score (nSPS) is 22.7. The smallest absolute Gasteiger partial charge is 0.124 e. The summed E-state index contributed by atoms with van der Waals surface area (Å²) in [6.45, 7) is 2.71. The van der Waals surface area contributed by atoms with Crippen LogP contribution in [0.4, 0.5) is 0 Å². The summed E-state index contributed by atoms with van der Waals surface area (Å²) >= 11 is 0. The number of aldehydes is 1. The Morgan fingerprint density at radius 3 is 1.93 bits per heavy atom. The van der Waals surface area contributed by atoms with Crippen LogP contribution in [-0.2, 0) is 11.2 Å². The molecule has 2 aromatic rings. The third kappa shape index (κ3) is 4.12. The molecule has 0 radical (unpaired) electrons. The highest BCUT2D eigenvalue weighted by Gasteiger charge is 2.40. The van der Waals surface area contributed by atoms with Crippen molar-refractivity contribution in [3.8, 4) is 11.1 Å². The van der Waals surface area contributed by atoms with Crippen LogP contribution in [0.2, 0.25) is 0 Å². The molecule has 0 N–H and O–H groups in total. The molecule has 1 aliphatic heterocycles. The standard InChI is InChI=1S/C28H35NO/c30-21-14-22-4-6-23(7-5-22)24-8-10-25(11-9-24)26-12-15-28(16-13-26)17-19-29(20-18-28)27-2-1-3-27/h4-11,21,26-27H,1-3,12-20H2. The molecule has 3 fully saturated rings. The molecule has 30 heavy (non-hydrogen) atoms. The van der Waals surface area contributed by atoms with Crippen LogP contribution in [0.25, 0.3) is 11.1 Å². The van der Waals surface area contributed by atoms with Gasteiger partial charge in [-0.3, -0.25) is 0 Å². The molecule has 5 rings (SSSR count). The van der Waals surface area contributed by atoms with Crippen LogP contribution in [0.1, 0.15) is 74.8 Å². The van der Waals surface area contributed by atoms with Crippen LogP contribution >= 0.6 is 0 Å². The Bertz CT molecular complexity index is 831. The second-order valence-corrected chi connectivity index (χ2v) is 10.1. The van der Waals surface area contributed by atoms with Crippen molar-refractivity contribution in [1.29, 1.82) is 0 Å². The molecule has 0 unspecified atom stereocenters. The minimum absolute atomic E-state index is 0.501. The summed E-state index contributed by atoms with van der Waals surface area (Å²) in [6, 6.07) is 18.6. The monoisotopic (exact) mass is 401 g/mol. The summed E-state index contributed by atoms with van der Waals surface area (Å²) in [7, 11) is 0. The number of rotatable bonds is 5. The number of carbonyl (C=O) groups is 1. The molecule has 0 atom stereocenters. The fourth-order valence-electron chi connectivity index (χ4n) is 6.06. The Labute approximate surface area is 181 Å². The third-order valence-corrected chi connectivity index (χ3v) is 8.48. The number of carbonyl (C=O) groups excluding carboxylic acids is 1. The number of piperidine rings is 1. The van der Waals surface area contributed by atoms with Gasteiger partial charge in [0.1, 0.15) is 6.29 Å². The highest BCUT2D eigenvalue weighted by molar-refractivity contribution is 5.65. The first kappa shape index (κ1) is 20.0. The first-order valence-electron chi connectivity index (χ1n) is 12.1. The topological polar surface area (TPSA) is 20.3 Å². The van der Waals surface area contributed by atoms with Gasteiger partial charge in [0, 0.05) is 12.5 Å². The average molecular weight is 402 g/mol. The lowest BCUT2D eigenvalue weighted by atomic mass is 9.64. The van der Waals surface area contributed by atoms with E-state index in [-0.39, 0.29) is 0 Å². The van der Waals surface area contributed by atoms with E-state index in [4.69, 9.17) is 0 Å². The third-order valence-electron chi connectivity index (χ3n) is 8.48. The molecule has 2 heteroatoms. The zero-order valence-electron chi connectivity index (χ0n) is 18.2. The van der Waals surface area contributed by atoms with Crippen LogP contribution in [0, 0.1) is 5.41 Å². The van der Waals surface area contributed by atoms with E-state index in [1.807, 2.05) is 0 Å². The van der Waals surface area contributed by atoms with Gasteiger partial charge in [-0.05, 0) is 98.0 Å². The molecule has 0 aromatic heterocycles. The molecule has 2 nitrogen and oxygen atoms in total. The minimum Gasteiger partial charge on any atom is -0.303 e. The lowest BCUT2D eigenvalue weighted by molar-refractivity contribution is -0.107. The number of benzene rings is 2. The SMILES string of the molecule is O=CCc1ccc(-c2ccc(C3CCC4(CC3)CCN(C3CCC3)CC4)cc2)cc1. The van der Waals surface area contributed by atoms with Crippen LogP contribution in [0.5, 0.6) is 0 Å². The van der Waals surface area contributed by atoms with Gasteiger partial charge in [-0.2, -0.15) is 0 Å². The maximum Gasteiger partial charge on any atom is 0.124 e. The molecule has 1 saturated heterocycles. The Balaban J connectivity index is 1.17. The zero-order valence-corrected chi connectivity index (χ0v) is 18.2. The van der Waals surface area contributed by atoms with E-state index in [1.165, 1.54) is 87.6 Å². The number of nitrogens with zero attached hydrogens (tertiary/aromatic N) is 1. The van der Waals surface area contributed by atoms with E-state index < -0.39 is 0 Å². The molecule has 0 bridgehead atoms. The summed E-state index contributed by atoms with van der Waals surface area (Å²) in [6.07, 6.45) is 14.3. The molecule has 2 aromatic carbocycles. The predicted molar refractivity (Wildman–Crippen MR) is 124 cm³/mol. The lowest BCUT2D eigenvalue weighted by Gasteiger charge is -2.49. The summed E-state index contributed by atoms with van der Waals surface area (Å²) in [5, 5.41) is 0. The molecule has 1 heterocycles. The fourth-order valence-corrected chi connectivity index (χ4v) is 6.06. The number of hydrogen-bond acceptors (Lipinski definition) is 2. The van der Waals surface area contributed by atoms with Crippen molar-refractivity contribution in [2.45, 2.75) is 76.2 Å². The van der Waals surface area contributed by atoms with Crippen molar-refractivity contribution in [1.82, 2.24) is 4.90 Å². The van der Waals surface area contributed by atoms with Gasteiger partial charge in [-0.25, -0.2) is 0 Å². The van der Waals surface area contributed by atoms with E-state index in [0.29, 0.717) is 11.8 Å². The fraction of sp³-hybridized carbons (Fsp3) is 0.536. The minimum atomic E-state index is 0.501. The Morgan fingerprint density at radius 2 is 1.40 bits per heavy atom. The Morgan fingerprint density at radius 1 is 0.800 bits per heavy atom. The summed E-state index contributed by atoms with van der Waals surface area (Å²) in [4.78, 5) is 13.5. The first-order valence-corrected chi connectivity index (χ1v) is 12.1. The summed E-state index contributed by atoms with van der Waals surface area (Å²) in [5.74, 6) is 0.740. The van der Waals surface area contributed by atoms with Crippen LogP contribution < -0.4 is 0 Å². The van der Waals surface area contributed by atoms with E-state index in [9.17, 15) is 4.79 Å².